The zero-order valence-corrected chi connectivity index (χ0v) is 19.6. The SMILES string of the molecule is Cc1cc[nH]c(=O)c1C(=O)NCC(NC(=O)c1cncc2ccccc12)c1ccc2ccccc2c1. The molecule has 0 aliphatic heterocycles. The van der Waals surface area contributed by atoms with Crippen molar-refractivity contribution in [3.8, 4) is 0 Å². The van der Waals surface area contributed by atoms with Crippen molar-refractivity contribution in [2.24, 2.45) is 0 Å². The Bertz CT molecular complexity index is 1650. The van der Waals surface area contributed by atoms with Crippen LogP contribution in [0.25, 0.3) is 21.5 Å². The average molecular weight is 477 g/mol. The number of carbonyl (C=O) groups excluding carboxylic acids is 2. The van der Waals surface area contributed by atoms with Crippen LogP contribution in [-0.2, 0) is 0 Å². The van der Waals surface area contributed by atoms with E-state index in [9.17, 15) is 14.4 Å². The molecule has 178 valence electrons. The Morgan fingerprint density at radius 3 is 2.44 bits per heavy atom. The van der Waals surface area contributed by atoms with E-state index >= 15 is 0 Å². The predicted molar refractivity (Wildman–Crippen MR) is 140 cm³/mol. The van der Waals surface area contributed by atoms with Gasteiger partial charge in [-0.1, -0.05) is 60.7 Å². The number of aromatic amines is 1. The van der Waals surface area contributed by atoms with Gasteiger partial charge in [0.15, 0.2) is 0 Å². The fourth-order valence-corrected chi connectivity index (χ4v) is 4.35. The molecule has 0 saturated carbocycles. The lowest BCUT2D eigenvalue weighted by Crippen LogP contribution is -2.39. The average Bonchev–Trinajstić information content (AvgIpc) is 2.90. The monoisotopic (exact) mass is 476 g/mol. The molecule has 0 saturated heterocycles. The molecule has 0 spiro atoms. The number of benzene rings is 3. The van der Waals surface area contributed by atoms with Gasteiger partial charge >= 0.3 is 0 Å². The number of nitrogens with one attached hydrogen (secondary N) is 3. The van der Waals surface area contributed by atoms with E-state index in [0.29, 0.717) is 11.1 Å². The van der Waals surface area contributed by atoms with Crippen LogP contribution in [0.2, 0.25) is 0 Å². The minimum Gasteiger partial charge on any atom is -0.349 e. The van der Waals surface area contributed by atoms with Gasteiger partial charge in [0.1, 0.15) is 5.56 Å². The summed E-state index contributed by atoms with van der Waals surface area (Å²) >= 11 is 0. The zero-order valence-electron chi connectivity index (χ0n) is 19.6. The van der Waals surface area contributed by atoms with Crippen LogP contribution in [0.3, 0.4) is 0 Å². The number of H-pyrrole nitrogens is 1. The molecule has 0 radical (unpaired) electrons. The number of hydrogen-bond donors (Lipinski definition) is 3. The molecule has 0 aliphatic carbocycles. The summed E-state index contributed by atoms with van der Waals surface area (Å²) in [7, 11) is 0. The first-order valence-electron chi connectivity index (χ1n) is 11.6. The molecule has 1 unspecified atom stereocenters. The van der Waals surface area contributed by atoms with E-state index in [4.69, 9.17) is 0 Å². The maximum Gasteiger partial charge on any atom is 0.261 e. The quantitative estimate of drug-likeness (QED) is 0.340. The van der Waals surface area contributed by atoms with Crippen molar-refractivity contribution >= 4 is 33.4 Å². The van der Waals surface area contributed by atoms with Crippen molar-refractivity contribution in [2.75, 3.05) is 6.54 Å². The fourth-order valence-electron chi connectivity index (χ4n) is 4.35. The Labute approximate surface area is 207 Å². The van der Waals surface area contributed by atoms with Gasteiger partial charge in [-0.15, -0.1) is 0 Å². The van der Waals surface area contributed by atoms with Gasteiger partial charge < -0.3 is 15.6 Å². The highest BCUT2D eigenvalue weighted by Gasteiger charge is 2.21. The summed E-state index contributed by atoms with van der Waals surface area (Å²) in [6, 6.07) is 22.5. The lowest BCUT2D eigenvalue weighted by Gasteiger charge is -2.21. The molecule has 5 aromatic rings. The minimum absolute atomic E-state index is 0.0549. The van der Waals surface area contributed by atoms with Crippen molar-refractivity contribution in [1.29, 1.82) is 0 Å². The van der Waals surface area contributed by atoms with Gasteiger partial charge in [-0.05, 0) is 46.3 Å². The van der Waals surface area contributed by atoms with Crippen LogP contribution in [0, 0.1) is 6.92 Å². The number of aryl methyl sites for hydroxylation is 1. The first kappa shape index (κ1) is 23.0. The summed E-state index contributed by atoms with van der Waals surface area (Å²) < 4.78 is 0. The van der Waals surface area contributed by atoms with Gasteiger partial charge in [0, 0.05) is 30.5 Å². The highest BCUT2D eigenvalue weighted by atomic mass is 16.2. The van der Waals surface area contributed by atoms with Gasteiger partial charge in [-0.3, -0.25) is 19.4 Å². The summed E-state index contributed by atoms with van der Waals surface area (Å²) in [6.07, 6.45) is 4.76. The molecule has 0 fully saturated rings. The number of aromatic nitrogens is 2. The summed E-state index contributed by atoms with van der Waals surface area (Å²) in [5.74, 6) is -0.804. The van der Waals surface area contributed by atoms with E-state index in [-0.39, 0.29) is 18.0 Å². The molecule has 0 aliphatic rings. The second kappa shape index (κ2) is 9.84. The molecule has 1 atom stereocenters. The Balaban J connectivity index is 1.47. The molecule has 7 heteroatoms. The third-order valence-corrected chi connectivity index (χ3v) is 6.26. The highest BCUT2D eigenvalue weighted by molar-refractivity contribution is 6.06. The standard InChI is InChI=1S/C29H24N4O3/c1-18-12-13-31-28(35)26(18)29(36)32-17-25(21-11-10-19-6-2-3-7-20(19)14-21)33-27(34)24-16-30-15-22-8-4-5-9-23(22)24/h2-16,25H,17H2,1H3,(H,31,35)(H,32,36)(H,33,34). The van der Waals surface area contributed by atoms with Crippen LogP contribution in [-0.4, -0.2) is 28.3 Å². The van der Waals surface area contributed by atoms with Gasteiger partial charge in [-0.2, -0.15) is 0 Å². The second-order valence-corrected chi connectivity index (χ2v) is 8.62. The number of fused-ring (bicyclic) bond motifs is 2. The number of rotatable bonds is 6. The fraction of sp³-hybridized carbons (Fsp3) is 0.103. The molecular formula is C29H24N4O3. The van der Waals surface area contributed by atoms with Crippen LogP contribution in [0.15, 0.2) is 96.2 Å². The van der Waals surface area contributed by atoms with Crippen LogP contribution in [0.4, 0.5) is 0 Å². The Kier molecular flexibility index (Phi) is 6.28. The molecule has 3 aromatic carbocycles. The van der Waals surface area contributed by atoms with E-state index in [1.54, 1.807) is 25.4 Å². The number of nitrogens with zero attached hydrogens (tertiary/aromatic N) is 1. The zero-order chi connectivity index (χ0) is 25.1. The van der Waals surface area contributed by atoms with Crippen molar-refractivity contribution in [2.45, 2.75) is 13.0 Å². The van der Waals surface area contributed by atoms with Gasteiger partial charge in [-0.25, -0.2) is 0 Å². The Morgan fingerprint density at radius 2 is 1.64 bits per heavy atom. The Hall–Kier alpha value is -4.78. The Morgan fingerprint density at radius 1 is 0.889 bits per heavy atom. The van der Waals surface area contributed by atoms with Gasteiger partial charge in [0.05, 0.1) is 11.6 Å². The van der Waals surface area contributed by atoms with Gasteiger partial charge in [0.25, 0.3) is 17.4 Å². The van der Waals surface area contributed by atoms with Crippen molar-refractivity contribution in [1.82, 2.24) is 20.6 Å². The summed E-state index contributed by atoms with van der Waals surface area (Å²) in [5, 5.41) is 9.63. The summed E-state index contributed by atoms with van der Waals surface area (Å²) in [6.45, 7) is 1.80. The molecular weight excluding hydrogens is 452 g/mol. The number of carbonyl (C=O) groups is 2. The summed E-state index contributed by atoms with van der Waals surface area (Å²) in [5.41, 5.74) is 1.44. The van der Waals surface area contributed by atoms with E-state index in [1.165, 1.54) is 6.20 Å². The lowest BCUT2D eigenvalue weighted by atomic mass is 10.0. The summed E-state index contributed by atoms with van der Waals surface area (Å²) in [4.78, 5) is 45.3. The highest BCUT2D eigenvalue weighted by Crippen LogP contribution is 2.22. The molecule has 2 heterocycles. The second-order valence-electron chi connectivity index (χ2n) is 8.62. The normalized spacial score (nSPS) is 11.8. The topological polar surface area (TPSA) is 104 Å². The smallest absolute Gasteiger partial charge is 0.261 e. The predicted octanol–water partition coefficient (Wildman–Crippen LogP) is 4.29. The minimum atomic E-state index is -0.548. The van der Waals surface area contributed by atoms with E-state index in [0.717, 1.165) is 27.1 Å². The molecule has 3 N–H and O–H groups in total. The molecule has 0 bridgehead atoms. The molecule has 2 amide bonds. The maximum atomic E-state index is 13.4. The maximum absolute atomic E-state index is 13.4. The molecule has 7 nitrogen and oxygen atoms in total. The van der Waals surface area contributed by atoms with Crippen LogP contribution in [0.1, 0.15) is 37.9 Å². The van der Waals surface area contributed by atoms with Crippen LogP contribution in [0.5, 0.6) is 0 Å². The number of amides is 2. The van der Waals surface area contributed by atoms with Crippen LogP contribution < -0.4 is 16.2 Å². The lowest BCUT2D eigenvalue weighted by molar-refractivity contribution is 0.0908. The number of pyridine rings is 2. The van der Waals surface area contributed by atoms with Crippen LogP contribution >= 0.6 is 0 Å². The first-order valence-corrected chi connectivity index (χ1v) is 11.6. The molecule has 36 heavy (non-hydrogen) atoms. The third kappa shape index (κ3) is 4.59. The van der Waals surface area contributed by atoms with Crippen molar-refractivity contribution in [3.05, 3.63) is 124 Å². The third-order valence-electron chi connectivity index (χ3n) is 6.26. The largest absolute Gasteiger partial charge is 0.349 e. The van der Waals surface area contributed by atoms with Crippen molar-refractivity contribution < 1.29 is 9.59 Å². The molecule has 5 rings (SSSR count). The molecule has 2 aromatic heterocycles. The van der Waals surface area contributed by atoms with E-state index in [1.807, 2.05) is 66.7 Å². The van der Waals surface area contributed by atoms with E-state index < -0.39 is 17.5 Å². The van der Waals surface area contributed by atoms with Crippen molar-refractivity contribution in [3.63, 3.8) is 0 Å². The first-order chi connectivity index (χ1) is 17.5. The van der Waals surface area contributed by atoms with Gasteiger partial charge in [0.2, 0.25) is 0 Å². The number of hydrogen-bond acceptors (Lipinski definition) is 4. The van der Waals surface area contributed by atoms with E-state index in [2.05, 4.69) is 20.6 Å².